The molecule has 2 fully saturated rings. The Hall–Kier alpha value is -1.80. The highest BCUT2D eigenvalue weighted by Gasteiger charge is 2.34. The van der Waals surface area contributed by atoms with Crippen LogP contribution < -0.4 is 9.47 Å². The van der Waals surface area contributed by atoms with E-state index in [0.29, 0.717) is 11.5 Å². The quantitative estimate of drug-likeness (QED) is 0.746. The smallest absolute Gasteiger partial charge is 0.267 e. The average molecular weight is 423 g/mol. The summed E-state index contributed by atoms with van der Waals surface area (Å²) in [5, 5.41) is 0. The number of carbonyl (C=O) groups excluding carboxylic acids is 1. The second-order valence-electron chi connectivity index (χ2n) is 8.23. The average Bonchev–Trinajstić information content (AvgIpc) is 2.78. The van der Waals surface area contributed by atoms with E-state index in [1.807, 2.05) is 4.90 Å². The van der Waals surface area contributed by atoms with Crippen molar-refractivity contribution >= 4 is 15.9 Å². The summed E-state index contributed by atoms with van der Waals surface area (Å²) >= 11 is 0. The third-order valence-corrected chi connectivity index (χ3v) is 8.19. The highest BCUT2D eigenvalue weighted by molar-refractivity contribution is 7.89. The zero-order chi connectivity index (χ0) is 20.4. The molecular formula is C21H30N2O5S. The van der Waals surface area contributed by atoms with Crippen molar-refractivity contribution in [3.8, 4) is 11.5 Å². The van der Waals surface area contributed by atoms with Gasteiger partial charge in [0.1, 0.15) is 6.61 Å². The Kier molecular flexibility index (Phi) is 6.01. The van der Waals surface area contributed by atoms with Gasteiger partial charge < -0.3 is 14.4 Å². The summed E-state index contributed by atoms with van der Waals surface area (Å²) in [5.41, 5.74) is 0. The van der Waals surface area contributed by atoms with Gasteiger partial charge in [0.25, 0.3) is 5.91 Å². The van der Waals surface area contributed by atoms with Gasteiger partial charge in [0.15, 0.2) is 11.5 Å². The normalized spacial score (nSPS) is 23.2. The van der Waals surface area contributed by atoms with Gasteiger partial charge >= 0.3 is 0 Å². The van der Waals surface area contributed by atoms with Gasteiger partial charge in [-0.25, -0.2) is 8.42 Å². The van der Waals surface area contributed by atoms with E-state index >= 15 is 0 Å². The molecule has 1 saturated heterocycles. The van der Waals surface area contributed by atoms with Crippen molar-refractivity contribution < 1.29 is 22.7 Å². The first-order valence-corrected chi connectivity index (χ1v) is 12.1. The maximum atomic E-state index is 13.1. The van der Waals surface area contributed by atoms with E-state index in [1.165, 1.54) is 16.8 Å². The number of fused-ring (bicyclic) bond motifs is 1. The Morgan fingerprint density at radius 2 is 1.72 bits per heavy atom. The number of amides is 1. The van der Waals surface area contributed by atoms with Gasteiger partial charge in [0.05, 0.1) is 4.90 Å². The van der Waals surface area contributed by atoms with E-state index in [4.69, 9.17) is 9.47 Å². The Bertz CT molecular complexity index is 845. The summed E-state index contributed by atoms with van der Waals surface area (Å²) in [5.74, 6) is 0.751. The van der Waals surface area contributed by atoms with E-state index in [-0.39, 0.29) is 23.5 Å². The lowest BCUT2D eigenvalue weighted by molar-refractivity contribution is -0.142. The Labute approximate surface area is 173 Å². The van der Waals surface area contributed by atoms with Crippen LogP contribution in [0.25, 0.3) is 0 Å². The molecule has 0 spiro atoms. The molecule has 29 heavy (non-hydrogen) atoms. The third-order valence-electron chi connectivity index (χ3n) is 6.28. The number of likely N-dealkylation sites (tertiary alicyclic amines) is 1. The van der Waals surface area contributed by atoms with Crippen LogP contribution in [-0.2, 0) is 14.8 Å². The van der Waals surface area contributed by atoms with Crippen LogP contribution in [0.3, 0.4) is 0 Å². The second-order valence-corrected chi connectivity index (χ2v) is 10.2. The molecule has 1 amide bonds. The summed E-state index contributed by atoms with van der Waals surface area (Å²) < 4.78 is 39.3. The number of benzene rings is 1. The van der Waals surface area contributed by atoms with Crippen LogP contribution in [0.2, 0.25) is 0 Å². The van der Waals surface area contributed by atoms with E-state index in [0.717, 1.165) is 58.0 Å². The molecule has 4 rings (SSSR count). The van der Waals surface area contributed by atoms with Crippen LogP contribution in [0.4, 0.5) is 0 Å². The Balaban J connectivity index is 1.47. The predicted octanol–water partition coefficient (Wildman–Crippen LogP) is 2.79. The lowest BCUT2D eigenvalue weighted by Crippen LogP contribution is -2.48. The fourth-order valence-electron chi connectivity index (χ4n) is 4.46. The molecule has 1 atom stereocenters. The van der Waals surface area contributed by atoms with Crippen LogP contribution in [0.5, 0.6) is 11.5 Å². The lowest BCUT2D eigenvalue weighted by atomic mass is 9.96. The molecule has 1 saturated carbocycles. The van der Waals surface area contributed by atoms with Gasteiger partial charge in [-0.15, -0.1) is 0 Å². The number of rotatable bonds is 4. The maximum absolute atomic E-state index is 13.1. The summed E-state index contributed by atoms with van der Waals surface area (Å²) in [6.45, 7) is 1.62. The standard InChI is InChI=1S/C21H30N2O5S/c1-22(16-8-4-2-5-9-16)29(25,26)17-10-11-18-19(14-17)27-15-20(28-18)21(24)23-12-6-3-7-13-23/h10-11,14,16,20H,2-9,12-13,15H2,1H3/t20-/m1/s1. The first-order valence-electron chi connectivity index (χ1n) is 10.7. The molecule has 0 N–H and O–H groups in total. The molecule has 0 bridgehead atoms. The second kappa shape index (κ2) is 8.52. The maximum Gasteiger partial charge on any atom is 0.267 e. The molecular weight excluding hydrogens is 392 g/mol. The molecule has 0 unspecified atom stereocenters. The zero-order valence-electron chi connectivity index (χ0n) is 17.0. The van der Waals surface area contributed by atoms with Gasteiger partial charge in [-0.3, -0.25) is 4.79 Å². The van der Waals surface area contributed by atoms with Crippen molar-refractivity contribution in [1.82, 2.24) is 9.21 Å². The van der Waals surface area contributed by atoms with E-state index in [1.54, 1.807) is 19.2 Å². The van der Waals surface area contributed by atoms with Crippen LogP contribution >= 0.6 is 0 Å². The number of ether oxygens (including phenoxy) is 2. The number of carbonyl (C=O) groups is 1. The van der Waals surface area contributed by atoms with E-state index in [2.05, 4.69) is 0 Å². The molecule has 2 aliphatic heterocycles. The SMILES string of the molecule is CN(C1CCCCC1)S(=O)(=O)c1ccc2c(c1)OC[C@H](C(=O)N1CCCCC1)O2. The zero-order valence-corrected chi connectivity index (χ0v) is 17.8. The molecule has 7 nitrogen and oxygen atoms in total. The largest absolute Gasteiger partial charge is 0.485 e. The molecule has 8 heteroatoms. The highest BCUT2D eigenvalue weighted by Crippen LogP contribution is 2.36. The van der Waals surface area contributed by atoms with Gasteiger partial charge in [0.2, 0.25) is 16.1 Å². The molecule has 1 aromatic carbocycles. The summed E-state index contributed by atoms with van der Waals surface area (Å²) in [7, 11) is -1.93. The van der Waals surface area contributed by atoms with Crippen molar-refractivity contribution in [3.05, 3.63) is 18.2 Å². The molecule has 1 aromatic rings. The van der Waals surface area contributed by atoms with E-state index < -0.39 is 16.1 Å². The van der Waals surface area contributed by atoms with Gasteiger partial charge in [0, 0.05) is 32.2 Å². The topological polar surface area (TPSA) is 76.2 Å². The molecule has 3 aliphatic rings. The van der Waals surface area contributed by atoms with Crippen LogP contribution in [0.1, 0.15) is 51.4 Å². The highest BCUT2D eigenvalue weighted by atomic mass is 32.2. The predicted molar refractivity (Wildman–Crippen MR) is 109 cm³/mol. The molecule has 2 heterocycles. The summed E-state index contributed by atoms with van der Waals surface area (Å²) in [6.07, 6.45) is 7.63. The monoisotopic (exact) mass is 422 g/mol. The number of sulfonamides is 1. The van der Waals surface area contributed by atoms with Crippen molar-refractivity contribution in [1.29, 1.82) is 0 Å². The number of hydrogen-bond donors (Lipinski definition) is 0. The van der Waals surface area contributed by atoms with Crippen LogP contribution in [0.15, 0.2) is 23.1 Å². The molecule has 0 radical (unpaired) electrons. The summed E-state index contributed by atoms with van der Waals surface area (Å²) in [6, 6.07) is 4.72. The fourth-order valence-corrected chi connectivity index (χ4v) is 5.89. The van der Waals surface area contributed by atoms with Gasteiger partial charge in [-0.05, 0) is 44.2 Å². The summed E-state index contributed by atoms with van der Waals surface area (Å²) in [4.78, 5) is 14.7. The molecule has 1 aliphatic carbocycles. The number of hydrogen-bond acceptors (Lipinski definition) is 5. The Morgan fingerprint density at radius 3 is 2.45 bits per heavy atom. The van der Waals surface area contributed by atoms with Crippen molar-refractivity contribution in [3.63, 3.8) is 0 Å². The minimum absolute atomic E-state index is 0.0495. The number of piperidine rings is 1. The van der Waals surface area contributed by atoms with Crippen LogP contribution in [-0.4, -0.2) is 62.4 Å². The van der Waals surface area contributed by atoms with Gasteiger partial charge in [-0.2, -0.15) is 4.31 Å². The van der Waals surface area contributed by atoms with Gasteiger partial charge in [-0.1, -0.05) is 19.3 Å². The molecule has 160 valence electrons. The van der Waals surface area contributed by atoms with Crippen molar-refractivity contribution in [2.24, 2.45) is 0 Å². The van der Waals surface area contributed by atoms with Crippen LogP contribution in [0, 0.1) is 0 Å². The minimum Gasteiger partial charge on any atom is -0.485 e. The minimum atomic E-state index is -3.60. The molecule has 0 aromatic heterocycles. The first kappa shape index (κ1) is 20.5. The fraction of sp³-hybridized carbons (Fsp3) is 0.667. The number of nitrogens with zero attached hydrogens (tertiary/aromatic N) is 2. The lowest BCUT2D eigenvalue weighted by Gasteiger charge is -2.33. The van der Waals surface area contributed by atoms with Crippen molar-refractivity contribution in [2.45, 2.75) is 68.4 Å². The van der Waals surface area contributed by atoms with Crippen molar-refractivity contribution in [2.75, 3.05) is 26.7 Å². The third kappa shape index (κ3) is 4.23. The first-order chi connectivity index (χ1) is 14.0. The van der Waals surface area contributed by atoms with E-state index in [9.17, 15) is 13.2 Å². The Morgan fingerprint density at radius 1 is 1.03 bits per heavy atom.